The van der Waals surface area contributed by atoms with Gasteiger partial charge in [-0.25, -0.2) is 4.39 Å². The van der Waals surface area contributed by atoms with Gasteiger partial charge in [-0.05, 0) is 30.7 Å². The minimum absolute atomic E-state index is 0.00873. The molecule has 0 aromatic heterocycles. The molecule has 0 fully saturated rings. The summed E-state index contributed by atoms with van der Waals surface area (Å²) in [5.74, 6) is 0.108. The van der Waals surface area contributed by atoms with Crippen molar-refractivity contribution >= 4 is 0 Å². The third-order valence-corrected chi connectivity index (χ3v) is 3.22. The van der Waals surface area contributed by atoms with Crippen LogP contribution in [-0.2, 0) is 6.61 Å². The Morgan fingerprint density at radius 1 is 1.29 bits per heavy atom. The first kappa shape index (κ1) is 15.0. The molecule has 2 rings (SSSR count). The number of benzene rings is 2. The van der Waals surface area contributed by atoms with Crippen LogP contribution >= 0.6 is 0 Å². The number of nitrogens with zero attached hydrogens (tertiary/aromatic N) is 1. The molecule has 0 saturated carbocycles. The third kappa shape index (κ3) is 3.59. The first-order valence-corrected chi connectivity index (χ1v) is 6.74. The average molecular weight is 285 g/mol. The second-order valence-corrected chi connectivity index (χ2v) is 4.67. The number of ether oxygens (including phenoxy) is 1. The van der Waals surface area contributed by atoms with E-state index in [1.807, 2.05) is 19.1 Å². The topological polar surface area (TPSA) is 53.2 Å². The molecule has 1 atom stereocenters. The number of nitriles is 1. The molecule has 21 heavy (non-hydrogen) atoms. The third-order valence-electron chi connectivity index (χ3n) is 3.22. The molecule has 4 heteroatoms. The number of para-hydroxylation sites is 1. The predicted octanol–water partition coefficient (Wildman–Crippen LogP) is 3.72. The number of rotatable bonds is 5. The van der Waals surface area contributed by atoms with E-state index in [1.54, 1.807) is 18.2 Å². The fraction of sp³-hybridized carbons (Fsp3) is 0.235. The molecule has 0 radical (unpaired) electrons. The fourth-order valence-electron chi connectivity index (χ4n) is 2.02. The quantitative estimate of drug-likeness (QED) is 0.911. The second kappa shape index (κ2) is 6.87. The van der Waals surface area contributed by atoms with Gasteiger partial charge in [0.2, 0.25) is 0 Å². The Bertz CT molecular complexity index is 664. The van der Waals surface area contributed by atoms with Crippen LogP contribution in [0.4, 0.5) is 4.39 Å². The van der Waals surface area contributed by atoms with Gasteiger partial charge in [-0.1, -0.05) is 25.1 Å². The maximum absolute atomic E-state index is 13.7. The molecule has 0 amide bonds. The summed E-state index contributed by atoms with van der Waals surface area (Å²) < 4.78 is 19.3. The highest BCUT2D eigenvalue weighted by Gasteiger charge is 2.12. The summed E-state index contributed by atoms with van der Waals surface area (Å²) in [5, 5.41) is 18.8. The second-order valence-electron chi connectivity index (χ2n) is 4.67. The van der Waals surface area contributed by atoms with Crippen molar-refractivity contribution in [3.8, 4) is 11.8 Å². The lowest BCUT2D eigenvalue weighted by Gasteiger charge is -2.15. The monoisotopic (exact) mass is 285 g/mol. The Hall–Kier alpha value is -2.38. The molecule has 108 valence electrons. The standard InChI is InChI=1S/C17H16FNO2/c1-2-16(20)14-5-3-4-6-17(14)21-11-13-9-12(10-19)7-8-15(13)18/h3-9,16,20H,2,11H2,1H3. The minimum atomic E-state index is -0.614. The molecule has 0 spiro atoms. The Morgan fingerprint density at radius 2 is 2.05 bits per heavy atom. The van der Waals surface area contributed by atoms with Crippen LogP contribution in [0.1, 0.15) is 36.1 Å². The molecule has 2 aromatic rings. The van der Waals surface area contributed by atoms with Crippen molar-refractivity contribution in [2.75, 3.05) is 0 Å². The van der Waals surface area contributed by atoms with Gasteiger partial charge < -0.3 is 9.84 Å². The van der Waals surface area contributed by atoms with Gasteiger partial charge in [0.05, 0.1) is 17.7 Å². The van der Waals surface area contributed by atoms with Crippen LogP contribution in [0.2, 0.25) is 0 Å². The molecule has 0 aliphatic heterocycles. The zero-order valence-electron chi connectivity index (χ0n) is 11.7. The van der Waals surface area contributed by atoms with E-state index >= 15 is 0 Å². The van der Waals surface area contributed by atoms with Crippen LogP contribution in [0, 0.1) is 17.1 Å². The van der Waals surface area contributed by atoms with Gasteiger partial charge in [-0.2, -0.15) is 5.26 Å². The molecule has 1 unspecified atom stereocenters. The van der Waals surface area contributed by atoms with Crippen molar-refractivity contribution < 1.29 is 14.2 Å². The Kier molecular flexibility index (Phi) is 4.91. The van der Waals surface area contributed by atoms with Gasteiger partial charge in [0, 0.05) is 11.1 Å². The van der Waals surface area contributed by atoms with Crippen molar-refractivity contribution in [1.29, 1.82) is 5.26 Å². The number of hydrogen-bond donors (Lipinski definition) is 1. The van der Waals surface area contributed by atoms with Gasteiger partial charge in [0.15, 0.2) is 0 Å². The summed E-state index contributed by atoms with van der Waals surface area (Å²) in [7, 11) is 0. The first-order valence-electron chi connectivity index (χ1n) is 6.74. The SMILES string of the molecule is CCC(O)c1ccccc1OCc1cc(C#N)ccc1F. The van der Waals surface area contributed by atoms with Gasteiger partial charge >= 0.3 is 0 Å². The lowest BCUT2D eigenvalue weighted by molar-refractivity contribution is 0.166. The van der Waals surface area contributed by atoms with Crippen molar-refractivity contribution in [2.45, 2.75) is 26.1 Å². The predicted molar refractivity (Wildman–Crippen MR) is 77.1 cm³/mol. The minimum Gasteiger partial charge on any atom is -0.488 e. The van der Waals surface area contributed by atoms with E-state index in [2.05, 4.69) is 0 Å². The molecule has 3 nitrogen and oxygen atoms in total. The zero-order chi connectivity index (χ0) is 15.2. The van der Waals surface area contributed by atoms with Crippen molar-refractivity contribution in [2.24, 2.45) is 0 Å². The summed E-state index contributed by atoms with van der Waals surface area (Å²) in [4.78, 5) is 0. The van der Waals surface area contributed by atoms with Crippen LogP contribution in [-0.4, -0.2) is 5.11 Å². The van der Waals surface area contributed by atoms with E-state index in [0.29, 0.717) is 28.9 Å². The van der Waals surface area contributed by atoms with Gasteiger partial charge in [-0.3, -0.25) is 0 Å². The van der Waals surface area contributed by atoms with Crippen LogP contribution in [0.25, 0.3) is 0 Å². The van der Waals surface area contributed by atoms with Crippen LogP contribution in [0.15, 0.2) is 42.5 Å². The summed E-state index contributed by atoms with van der Waals surface area (Å²) in [5.41, 5.74) is 1.38. The average Bonchev–Trinajstić information content (AvgIpc) is 2.53. The van der Waals surface area contributed by atoms with Gasteiger partial charge in [-0.15, -0.1) is 0 Å². The molecule has 0 aliphatic carbocycles. The highest BCUT2D eigenvalue weighted by atomic mass is 19.1. The molecule has 0 aliphatic rings. The number of aliphatic hydroxyl groups excluding tert-OH is 1. The highest BCUT2D eigenvalue weighted by Crippen LogP contribution is 2.27. The summed E-state index contributed by atoms with van der Waals surface area (Å²) in [6, 6.07) is 13.2. The molecule has 0 saturated heterocycles. The van der Waals surface area contributed by atoms with E-state index in [9.17, 15) is 9.50 Å². The Morgan fingerprint density at radius 3 is 2.76 bits per heavy atom. The lowest BCUT2D eigenvalue weighted by atomic mass is 10.1. The van der Waals surface area contributed by atoms with Crippen molar-refractivity contribution in [1.82, 2.24) is 0 Å². The van der Waals surface area contributed by atoms with Crippen LogP contribution in [0.3, 0.4) is 0 Å². The fourth-order valence-corrected chi connectivity index (χ4v) is 2.02. The van der Waals surface area contributed by atoms with E-state index in [0.717, 1.165) is 0 Å². The molecular weight excluding hydrogens is 269 g/mol. The van der Waals surface area contributed by atoms with Gasteiger partial charge in [0.1, 0.15) is 18.2 Å². The normalized spacial score (nSPS) is 11.7. The van der Waals surface area contributed by atoms with E-state index in [-0.39, 0.29) is 6.61 Å². The van der Waals surface area contributed by atoms with Crippen molar-refractivity contribution in [3.63, 3.8) is 0 Å². The number of halogens is 1. The molecular formula is C17H16FNO2. The van der Waals surface area contributed by atoms with Gasteiger partial charge in [0.25, 0.3) is 0 Å². The molecule has 2 aromatic carbocycles. The molecule has 0 heterocycles. The van der Waals surface area contributed by atoms with E-state index in [4.69, 9.17) is 10.00 Å². The maximum Gasteiger partial charge on any atom is 0.129 e. The van der Waals surface area contributed by atoms with Crippen molar-refractivity contribution in [3.05, 3.63) is 65.0 Å². The Labute approximate surface area is 123 Å². The first-order chi connectivity index (χ1) is 10.2. The smallest absolute Gasteiger partial charge is 0.129 e. The summed E-state index contributed by atoms with van der Waals surface area (Å²) >= 11 is 0. The van der Waals surface area contributed by atoms with E-state index in [1.165, 1.54) is 18.2 Å². The summed E-state index contributed by atoms with van der Waals surface area (Å²) in [6.07, 6.45) is -0.0463. The molecule has 0 bridgehead atoms. The van der Waals surface area contributed by atoms with Crippen LogP contribution < -0.4 is 4.74 Å². The lowest BCUT2D eigenvalue weighted by Crippen LogP contribution is -2.04. The molecule has 1 N–H and O–H groups in total. The Balaban J connectivity index is 2.19. The zero-order valence-corrected chi connectivity index (χ0v) is 11.7. The largest absolute Gasteiger partial charge is 0.488 e. The number of hydrogen-bond acceptors (Lipinski definition) is 3. The maximum atomic E-state index is 13.7. The number of aliphatic hydroxyl groups is 1. The highest BCUT2D eigenvalue weighted by molar-refractivity contribution is 5.36. The van der Waals surface area contributed by atoms with Crippen LogP contribution in [0.5, 0.6) is 5.75 Å². The van der Waals surface area contributed by atoms with E-state index < -0.39 is 11.9 Å². The summed E-state index contributed by atoms with van der Waals surface area (Å²) in [6.45, 7) is 1.88.